The van der Waals surface area contributed by atoms with Crippen molar-refractivity contribution >= 4 is 0 Å². The van der Waals surface area contributed by atoms with Gasteiger partial charge in [-0.1, -0.05) is 13.8 Å². The average Bonchev–Trinajstić information content (AvgIpc) is 2.79. The summed E-state index contributed by atoms with van der Waals surface area (Å²) in [6, 6.07) is 5.19. The van der Waals surface area contributed by atoms with Crippen molar-refractivity contribution in [2.75, 3.05) is 6.54 Å². The number of nitrogens with zero attached hydrogens (tertiary/aromatic N) is 2. The van der Waals surface area contributed by atoms with Gasteiger partial charge < -0.3 is 5.73 Å². The Bertz CT molecular complexity index is 561. The average molecular weight is 251 g/mol. The molecule has 3 nitrogen and oxygen atoms in total. The molecular formula is C13H15F2N3. The van der Waals surface area contributed by atoms with E-state index in [4.69, 9.17) is 5.73 Å². The third kappa shape index (κ3) is 2.26. The maximum atomic E-state index is 13.6. The van der Waals surface area contributed by atoms with E-state index in [0.717, 1.165) is 11.8 Å². The lowest BCUT2D eigenvalue weighted by atomic mass is 9.90. The van der Waals surface area contributed by atoms with E-state index in [-0.39, 0.29) is 11.1 Å². The van der Waals surface area contributed by atoms with E-state index in [0.29, 0.717) is 6.54 Å². The summed E-state index contributed by atoms with van der Waals surface area (Å²) in [5, 5.41) is 4.29. The van der Waals surface area contributed by atoms with Crippen molar-refractivity contribution in [2.24, 2.45) is 5.73 Å². The molecule has 0 aliphatic carbocycles. The molecule has 1 heterocycles. The Kier molecular flexibility index (Phi) is 3.17. The Hall–Kier alpha value is -1.75. The molecule has 0 atom stereocenters. The molecule has 1 aromatic heterocycles. The van der Waals surface area contributed by atoms with Crippen LogP contribution in [-0.4, -0.2) is 16.3 Å². The minimum Gasteiger partial charge on any atom is -0.330 e. The lowest BCUT2D eigenvalue weighted by molar-refractivity contribution is 0.513. The van der Waals surface area contributed by atoms with Gasteiger partial charge >= 0.3 is 0 Å². The topological polar surface area (TPSA) is 43.8 Å². The number of rotatable bonds is 3. The van der Waals surface area contributed by atoms with E-state index in [1.54, 1.807) is 12.3 Å². The van der Waals surface area contributed by atoms with E-state index in [1.165, 1.54) is 16.8 Å². The zero-order valence-electron chi connectivity index (χ0n) is 10.3. The molecule has 0 bridgehead atoms. The van der Waals surface area contributed by atoms with Gasteiger partial charge in [0.2, 0.25) is 0 Å². The van der Waals surface area contributed by atoms with Crippen molar-refractivity contribution in [3.63, 3.8) is 0 Å². The maximum Gasteiger partial charge on any atom is 0.151 e. The number of hydrogen-bond donors (Lipinski definition) is 1. The molecule has 0 unspecified atom stereocenters. The summed E-state index contributed by atoms with van der Waals surface area (Å²) < 4.78 is 27.8. The zero-order valence-corrected chi connectivity index (χ0v) is 10.3. The van der Waals surface area contributed by atoms with Crippen molar-refractivity contribution in [3.05, 3.63) is 47.8 Å². The van der Waals surface area contributed by atoms with Crippen molar-refractivity contribution in [1.82, 2.24) is 9.78 Å². The van der Waals surface area contributed by atoms with Crippen LogP contribution in [0.1, 0.15) is 19.5 Å². The number of aromatic nitrogens is 2. The predicted octanol–water partition coefficient (Wildman–Crippen LogP) is 2.39. The molecule has 2 N–H and O–H groups in total. The fourth-order valence-electron chi connectivity index (χ4n) is 1.59. The fraction of sp³-hybridized carbons (Fsp3) is 0.308. The van der Waals surface area contributed by atoms with E-state index in [9.17, 15) is 8.78 Å². The highest BCUT2D eigenvalue weighted by Gasteiger charge is 2.22. The molecule has 96 valence electrons. The lowest BCUT2D eigenvalue weighted by Crippen LogP contribution is -2.28. The van der Waals surface area contributed by atoms with Gasteiger partial charge in [0.15, 0.2) is 5.82 Å². The van der Waals surface area contributed by atoms with Gasteiger partial charge in [-0.05, 0) is 18.2 Å². The molecule has 5 heteroatoms. The molecule has 1 aromatic carbocycles. The van der Waals surface area contributed by atoms with Crippen LogP contribution < -0.4 is 5.73 Å². The van der Waals surface area contributed by atoms with Crippen LogP contribution in [-0.2, 0) is 5.41 Å². The van der Waals surface area contributed by atoms with Crippen LogP contribution in [0, 0.1) is 11.6 Å². The largest absolute Gasteiger partial charge is 0.330 e. The zero-order chi connectivity index (χ0) is 13.3. The summed E-state index contributed by atoms with van der Waals surface area (Å²) in [6.07, 6.45) is 1.64. The van der Waals surface area contributed by atoms with Gasteiger partial charge in [0.1, 0.15) is 11.5 Å². The molecule has 2 aromatic rings. The highest BCUT2D eigenvalue weighted by atomic mass is 19.1. The van der Waals surface area contributed by atoms with Crippen molar-refractivity contribution < 1.29 is 8.78 Å². The summed E-state index contributed by atoms with van der Waals surface area (Å²) in [7, 11) is 0. The quantitative estimate of drug-likeness (QED) is 0.910. The third-order valence-electron chi connectivity index (χ3n) is 2.95. The molecule has 0 fully saturated rings. The number of hydrogen-bond acceptors (Lipinski definition) is 2. The molecular weight excluding hydrogens is 236 g/mol. The van der Waals surface area contributed by atoms with Gasteiger partial charge in [-0.2, -0.15) is 5.10 Å². The Labute approximate surface area is 104 Å². The van der Waals surface area contributed by atoms with Crippen LogP contribution in [0.15, 0.2) is 30.5 Å². The SMILES string of the molecule is CC(C)(CN)c1ccn(-c2ccc(F)cc2F)n1. The first-order valence-corrected chi connectivity index (χ1v) is 5.66. The van der Waals surface area contributed by atoms with Gasteiger partial charge in [0.25, 0.3) is 0 Å². The van der Waals surface area contributed by atoms with Crippen LogP contribution in [0.4, 0.5) is 8.78 Å². The first-order valence-electron chi connectivity index (χ1n) is 5.66. The van der Waals surface area contributed by atoms with Gasteiger partial charge in [-0.25, -0.2) is 13.5 Å². The first kappa shape index (κ1) is 12.7. The Balaban J connectivity index is 2.41. The van der Waals surface area contributed by atoms with Gasteiger partial charge in [0, 0.05) is 24.2 Å². The lowest BCUT2D eigenvalue weighted by Gasteiger charge is -2.19. The van der Waals surface area contributed by atoms with Crippen LogP contribution in [0.5, 0.6) is 0 Å². The highest BCUT2D eigenvalue weighted by molar-refractivity contribution is 5.33. The minimum absolute atomic E-state index is 0.218. The van der Waals surface area contributed by atoms with E-state index < -0.39 is 11.6 Å². The Morgan fingerprint density at radius 1 is 1.28 bits per heavy atom. The fourth-order valence-corrected chi connectivity index (χ4v) is 1.59. The smallest absolute Gasteiger partial charge is 0.151 e. The van der Waals surface area contributed by atoms with Crippen LogP contribution >= 0.6 is 0 Å². The molecule has 0 saturated carbocycles. The second-order valence-electron chi connectivity index (χ2n) is 4.83. The summed E-state index contributed by atoms with van der Waals surface area (Å²) in [4.78, 5) is 0. The van der Waals surface area contributed by atoms with Gasteiger partial charge in [0.05, 0.1) is 5.69 Å². The number of benzene rings is 1. The van der Waals surface area contributed by atoms with Crippen molar-refractivity contribution in [1.29, 1.82) is 0 Å². The molecule has 0 radical (unpaired) electrons. The molecule has 2 rings (SSSR count). The first-order chi connectivity index (χ1) is 8.44. The van der Waals surface area contributed by atoms with E-state index >= 15 is 0 Å². The molecule has 0 saturated heterocycles. The normalized spacial score (nSPS) is 11.8. The van der Waals surface area contributed by atoms with Crippen molar-refractivity contribution in [3.8, 4) is 5.69 Å². The molecule has 0 amide bonds. The Morgan fingerprint density at radius 3 is 2.61 bits per heavy atom. The predicted molar refractivity (Wildman–Crippen MR) is 65.6 cm³/mol. The van der Waals surface area contributed by atoms with Crippen LogP contribution in [0.3, 0.4) is 0 Å². The maximum absolute atomic E-state index is 13.6. The van der Waals surface area contributed by atoms with E-state index in [2.05, 4.69) is 5.10 Å². The summed E-state index contributed by atoms with van der Waals surface area (Å²) in [6.45, 7) is 4.36. The van der Waals surface area contributed by atoms with E-state index in [1.807, 2.05) is 13.8 Å². The standard InChI is InChI=1S/C13H15F2N3/c1-13(2,8-16)12-5-6-18(17-12)11-4-3-9(14)7-10(11)15/h3-7H,8,16H2,1-2H3. The second-order valence-corrected chi connectivity index (χ2v) is 4.83. The minimum atomic E-state index is -0.643. The van der Waals surface area contributed by atoms with Gasteiger partial charge in [-0.15, -0.1) is 0 Å². The molecule has 0 aliphatic rings. The molecule has 0 spiro atoms. The van der Waals surface area contributed by atoms with Crippen LogP contribution in [0.25, 0.3) is 5.69 Å². The monoisotopic (exact) mass is 251 g/mol. The summed E-state index contributed by atoms with van der Waals surface area (Å²) in [5.41, 5.74) is 6.38. The number of nitrogens with two attached hydrogens (primary N) is 1. The second kappa shape index (κ2) is 4.49. The van der Waals surface area contributed by atoms with Crippen LogP contribution in [0.2, 0.25) is 0 Å². The third-order valence-corrected chi connectivity index (χ3v) is 2.95. The van der Waals surface area contributed by atoms with Crippen molar-refractivity contribution in [2.45, 2.75) is 19.3 Å². The highest BCUT2D eigenvalue weighted by Crippen LogP contribution is 2.21. The summed E-state index contributed by atoms with van der Waals surface area (Å²) in [5.74, 6) is -1.25. The number of halogens is 2. The van der Waals surface area contributed by atoms with Gasteiger partial charge in [-0.3, -0.25) is 0 Å². The summed E-state index contributed by atoms with van der Waals surface area (Å²) >= 11 is 0. The molecule has 0 aliphatic heterocycles. The molecule has 18 heavy (non-hydrogen) atoms. The Morgan fingerprint density at radius 2 is 2.00 bits per heavy atom.